The topological polar surface area (TPSA) is 121 Å². The third-order valence-electron chi connectivity index (χ3n) is 5.61. The highest BCUT2D eigenvalue weighted by atomic mass is 32.2. The van der Waals surface area contributed by atoms with Crippen LogP contribution in [-0.4, -0.2) is 37.9 Å². The van der Waals surface area contributed by atoms with E-state index in [1.54, 1.807) is 37.7 Å². The van der Waals surface area contributed by atoms with E-state index in [-0.39, 0.29) is 27.8 Å². The summed E-state index contributed by atoms with van der Waals surface area (Å²) < 4.78 is 27.9. The van der Waals surface area contributed by atoms with Crippen molar-refractivity contribution in [2.45, 2.75) is 30.2 Å². The molecule has 0 aliphatic heterocycles. The Morgan fingerprint density at radius 1 is 1.12 bits per heavy atom. The quantitative estimate of drug-likeness (QED) is 0.347. The molecule has 0 bridgehead atoms. The monoisotopic (exact) mass is 466 g/mol. The second kappa shape index (κ2) is 9.41. The molecule has 3 rings (SSSR count). The number of hydrogen-bond acceptors (Lipinski definition) is 6. The fourth-order valence-electron chi connectivity index (χ4n) is 3.62. The third-order valence-corrected chi connectivity index (χ3v) is 7.50. The molecule has 3 N–H and O–H groups in total. The number of aromatic nitrogens is 1. The van der Waals surface area contributed by atoms with Gasteiger partial charge in [0.25, 0.3) is 5.91 Å². The number of sulfone groups is 1. The first-order chi connectivity index (χ1) is 15.6. The summed E-state index contributed by atoms with van der Waals surface area (Å²) in [5.74, 6) is -0.572. The predicted molar refractivity (Wildman–Crippen MR) is 127 cm³/mol. The van der Waals surface area contributed by atoms with E-state index in [9.17, 15) is 18.0 Å². The molecule has 1 aromatic heterocycles. The van der Waals surface area contributed by atoms with Gasteiger partial charge in [0.2, 0.25) is 9.84 Å². The van der Waals surface area contributed by atoms with Crippen molar-refractivity contribution in [1.29, 1.82) is 5.41 Å². The number of amides is 1. The van der Waals surface area contributed by atoms with Crippen molar-refractivity contribution in [3.8, 4) is 0 Å². The van der Waals surface area contributed by atoms with Crippen molar-refractivity contribution < 1.29 is 18.0 Å². The van der Waals surface area contributed by atoms with Crippen LogP contribution in [0.25, 0.3) is 0 Å². The molecule has 0 unspecified atom stereocenters. The minimum absolute atomic E-state index is 0.0347. The molecule has 0 radical (unpaired) electrons. The zero-order chi connectivity index (χ0) is 24.3. The van der Waals surface area contributed by atoms with Crippen LogP contribution in [0.1, 0.15) is 44.6 Å². The van der Waals surface area contributed by atoms with E-state index in [1.807, 2.05) is 6.07 Å². The molecule has 8 nitrogen and oxygen atoms in total. The van der Waals surface area contributed by atoms with E-state index < -0.39 is 15.7 Å². The number of nitrogens with one attached hydrogen (secondary N) is 3. The van der Waals surface area contributed by atoms with Gasteiger partial charge in [0.1, 0.15) is 5.69 Å². The zero-order valence-electron chi connectivity index (χ0n) is 18.9. The average Bonchev–Trinajstić information content (AvgIpc) is 3.12. The van der Waals surface area contributed by atoms with E-state index in [0.29, 0.717) is 16.8 Å². The second-order valence-electron chi connectivity index (χ2n) is 7.58. The Labute approximate surface area is 193 Å². The van der Waals surface area contributed by atoms with E-state index in [0.717, 1.165) is 11.3 Å². The summed E-state index contributed by atoms with van der Waals surface area (Å²) >= 11 is 0. The van der Waals surface area contributed by atoms with Gasteiger partial charge in [-0.05, 0) is 37.6 Å². The third kappa shape index (κ3) is 4.58. The molecular weight excluding hydrogens is 440 g/mol. The fourth-order valence-corrected chi connectivity index (χ4v) is 5.16. The van der Waals surface area contributed by atoms with Gasteiger partial charge in [0.05, 0.1) is 9.79 Å². The summed E-state index contributed by atoms with van der Waals surface area (Å²) in [7, 11) is -0.501. The SMILES string of the molecule is CNc1c(C=N)cccc1CNC(=O)c1cc(S(=O)(=O)c2ccc(C(C)=O)cc2)c(C)n1C. The molecule has 1 amide bonds. The molecule has 1 heterocycles. The minimum Gasteiger partial charge on any atom is -0.387 e. The number of carbonyl (C=O) groups excluding carboxylic acids is 2. The number of ketones is 1. The Hall–Kier alpha value is -3.72. The Bertz CT molecular complexity index is 1340. The Kier molecular flexibility index (Phi) is 6.83. The van der Waals surface area contributed by atoms with Gasteiger partial charge in [-0.15, -0.1) is 0 Å². The van der Waals surface area contributed by atoms with Gasteiger partial charge in [-0.2, -0.15) is 0 Å². The van der Waals surface area contributed by atoms with Gasteiger partial charge in [0, 0.05) is 49.4 Å². The number of Topliss-reactive ketones (excluding diaryl/α,β-unsaturated/α-hetero) is 1. The van der Waals surface area contributed by atoms with Crippen LogP contribution in [0, 0.1) is 12.3 Å². The van der Waals surface area contributed by atoms with Crippen molar-refractivity contribution in [2.75, 3.05) is 12.4 Å². The summed E-state index contributed by atoms with van der Waals surface area (Å²) in [4.78, 5) is 24.5. The summed E-state index contributed by atoms with van der Waals surface area (Å²) in [5.41, 5.74) is 3.30. The van der Waals surface area contributed by atoms with Gasteiger partial charge < -0.3 is 20.6 Å². The molecule has 172 valence electrons. The number of hydrogen-bond donors (Lipinski definition) is 3. The highest BCUT2D eigenvalue weighted by Crippen LogP contribution is 2.27. The fraction of sp³-hybridized carbons (Fsp3) is 0.208. The molecule has 2 aromatic carbocycles. The first kappa shape index (κ1) is 23.9. The molecule has 0 atom stereocenters. The largest absolute Gasteiger partial charge is 0.387 e. The molecular formula is C24H26N4O4S. The molecule has 0 aliphatic rings. The predicted octanol–water partition coefficient (Wildman–Crippen LogP) is 3.34. The summed E-state index contributed by atoms with van der Waals surface area (Å²) in [6, 6.07) is 12.6. The van der Waals surface area contributed by atoms with Crippen LogP contribution >= 0.6 is 0 Å². The highest BCUT2D eigenvalue weighted by molar-refractivity contribution is 7.91. The van der Waals surface area contributed by atoms with Gasteiger partial charge in [-0.25, -0.2) is 8.42 Å². The maximum atomic E-state index is 13.2. The molecule has 0 saturated carbocycles. The van der Waals surface area contributed by atoms with Crippen molar-refractivity contribution in [3.63, 3.8) is 0 Å². The Morgan fingerprint density at radius 2 is 1.79 bits per heavy atom. The smallest absolute Gasteiger partial charge is 0.268 e. The average molecular weight is 467 g/mol. The van der Waals surface area contributed by atoms with Gasteiger partial charge in [-0.1, -0.05) is 30.3 Å². The van der Waals surface area contributed by atoms with E-state index in [2.05, 4.69) is 10.6 Å². The molecule has 0 saturated heterocycles. The maximum Gasteiger partial charge on any atom is 0.268 e. The van der Waals surface area contributed by atoms with Gasteiger partial charge in [-0.3, -0.25) is 9.59 Å². The van der Waals surface area contributed by atoms with Gasteiger partial charge in [0.15, 0.2) is 5.78 Å². The number of benzene rings is 2. The van der Waals surface area contributed by atoms with Crippen molar-refractivity contribution in [1.82, 2.24) is 9.88 Å². The maximum absolute atomic E-state index is 13.2. The first-order valence-electron chi connectivity index (χ1n) is 10.2. The number of para-hydroxylation sites is 1. The Balaban J connectivity index is 1.89. The van der Waals surface area contributed by atoms with E-state index in [1.165, 1.54) is 43.5 Å². The van der Waals surface area contributed by atoms with Crippen LogP contribution in [0.2, 0.25) is 0 Å². The number of rotatable bonds is 8. The lowest BCUT2D eigenvalue weighted by atomic mass is 10.1. The van der Waals surface area contributed by atoms with Crippen LogP contribution in [0.5, 0.6) is 0 Å². The van der Waals surface area contributed by atoms with Crippen molar-refractivity contribution in [3.05, 3.63) is 76.6 Å². The lowest BCUT2D eigenvalue weighted by molar-refractivity contribution is 0.0941. The van der Waals surface area contributed by atoms with Gasteiger partial charge >= 0.3 is 0 Å². The lowest BCUT2D eigenvalue weighted by Gasteiger charge is -2.13. The van der Waals surface area contributed by atoms with Crippen LogP contribution in [-0.2, 0) is 23.4 Å². The number of anilines is 1. The Morgan fingerprint density at radius 3 is 2.36 bits per heavy atom. The minimum atomic E-state index is -3.88. The highest BCUT2D eigenvalue weighted by Gasteiger charge is 2.26. The summed E-state index contributed by atoms with van der Waals surface area (Å²) in [6.07, 6.45) is 1.23. The number of nitrogens with zero attached hydrogens (tertiary/aromatic N) is 1. The van der Waals surface area contributed by atoms with Crippen LogP contribution < -0.4 is 10.6 Å². The molecule has 0 spiro atoms. The van der Waals surface area contributed by atoms with E-state index >= 15 is 0 Å². The molecule has 3 aromatic rings. The standard InChI is InChI=1S/C24H26N4O4S/c1-15-22(33(31,32)20-10-8-17(9-11-20)16(2)29)12-21(28(15)4)24(30)27-14-19-7-5-6-18(13-25)23(19)26-3/h5-13,25-26H,14H2,1-4H3,(H,27,30). The molecule has 33 heavy (non-hydrogen) atoms. The molecule has 0 fully saturated rings. The summed E-state index contributed by atoms with van der Waals surface area (Å²) in [5, 5.41) is 13.4. The zero-order valence-corrected chi connectivity index (χ0v) is 19.7. The molecule has 9 heteroatoms. The first-order valence-corrected chi connectivity index (χ1v) is 11.7. The lowest BCUT2D eigenvalue weighted by Crippen LogP contribution is -2.25. The van der Waals surface area contributed by atoms with Crippen LogP contribution in [0.4, 0.5) is 5.69 Å². The second-order valence-corrected chi connectivity index (χ2v) is 9.50. The van der Waals surface area contributed by atoms with Crippen LogP contribution in [0.3, 0.4) is 0 Å². The number of carbonyl (C=O) groups is 2. The van der Waals surface area contributed by atoms with Crippen molar-refractivity contribution >= 4 is 33.4 Å². The van der Waals surface area contributed by atoms with Crippen LogP contribution in [0.15, 0.2) is 58.3 Å². The normalized spacial score (nSPS) is 11.2. The van der Waals surface area contributed by atoms with E-state index in [4.69, 9.17) is 5.41 Å². The van der Waals surface area contributed by atoms with Crippen molar-refractivity contribution in [2.24, 2.45) is 7.05 Å². The molecule has 0 aliphatic carbocycles. The summed E-state index contributed by atoms with van der Waals surface area (Å²) in [6.45, 7) is 3.26.